The number of likely N-dealkylation sites (tertiary alicyclic amines) is 1. The van der Waals surface area contributed by atoms with Gasteiger partial charge >= 0.3 is 5.97 Å². The van der Waals surface area contributed by atoms with Crippen LogP contribution in [0.15, 0.2) is 0 Å². The molecule has 18 heavy (non-hydrogen) atoms. The standard InChI is InChI=1S/C14H23NO3/c1-14(7-3-8-14)13(18)15-9-2-4-11(10-15)5-6-12(16)17/h11H,2-10H2,1H3,(H,16,17). The van der Waals surface area contributed by atoms with Crippen molar-refractivity contribution < 1.29 is 14.7 Å². The van der Waals surface area contributed by atoms with Crippen molar-refractivity contribution in [1.82, 2.24) is 4.90 Å². The average Bonchev–Trinajstić information content (AvgIpc) is 2.33. The van der Waals surface area contributed by atoms with E-state index >= 15 is 0 Å². The van der Waals surface area contributed by atoms with Gasteiger partial charge in [-0.25, -0.2) is 0 Å². The van der Waals surface area contributed by atoms with Crippen LogP contribution in [0, 0.1) is 11.3 Å². The van der Waals surface area contributed by atoms with Gasteiger partial charge in [0.05, 0.1) is 0 Å². The molecule has 0 spiro atoms. The summed E-state index contributed by atoms with van der Waals surface area (Å²) in [7, 11) is 0. The van der Waals surface area contributed by atoms with Crippen LogP contribution in [0.2, 0.25) is 0 Å². The highest BCUT2D eigenvalue weighted by atomic mass is 16.4. The zero-order valence-electron chi connectivity index (χ0n) is 11.2. The number of nitrogens with zero attached hydrogens (tertiary/aromatic N) is 1. The van der Waals surface area contributed by atoms with E-state index in [1.807, 2.05) is 4.90 Å². The average molecular weight is 253 g/mol. The fourth-order valence-electron chi connectivity index (χ4n) is 3.12. The molecule has 2 rings (SSSR count). The first-order chi connectivity index (χ1) is 8.51. The molecule has 1 saturated carbocycles. The second kappa shape index (κ2) is 5.29. The Kier molecular flexibility index (Phi) is 3.93. The molecular weight excluding hydrogens is 230 g/mol. The van der Waals surface area contributed by atoms with Crippen molar-refractivity contribution in [3.05, 3.63) is 0 Å². The summed E-state index contributed by atoms with van der Waals surface area (Å²) in [4.78, 5) is 25.0. The fourth-order valence-corrected chi connectivity index (χ4v) is 3.12. The van der Waals surface area contributed by atoms with Crippen LogP contribution < -0.4 is 0 Å². The first-order valence-electron chi connectivity index (χ1n) is 7.02. The molecule has 1 heterocycles. The third kappa shape index (κ3) is 2.85. The number of rotatable bonds is 4. The molecule has 2 aliphatic rings. The van der Waals surface area contributed by atoms with Gasteiger partial charge in [-0.1, -0.05) is 13.3 Å². The topological polar surface area (TPSA) is 57.6 Å². The SMILES string of the molecule is CC1(C(=O)N2CCCC(CCC(=O)O)C2)CCC1. The summed E-state index contributed by atoms with van der Waals surface area (Å²) in [6, 6.07) is 0. The fraction of sp³-hybridized carbons (Fsp3) is 0.857. The van der Waals surface area contributed by atoms with Crippen LogP contribution in [0.5, 0.6) is 0 Å². The Bertz CT molecular complexity index is 336. The largest absolute Gasteiger partial charge is 0.481 e. The molecule has 0 aromatic rings. The summed E-state index contributed by atoms with van der Waals surface area (Å²) < 4.78 is 0. The lowest BCUT2D eigenvalue weighted by Crippen LogP contribution is -2.49. The zero-order valence-corrected chi connectivity index (χ0v) is 11.2. The van der Waals surface area contributed by atoms with Crippen LogP contribution in [0.1, 0.15) is 51.9 Å². The summed E-state index contributed by atoms with van der Waals surface area (Å²) in [5.41, 5.74) is -0.116. The number of hydrogen-bond acceptors (Lipinski definition) is 2. The molecule has 0 radical (unpaired) electrons. The highest BCUT2D eigenvalue weighted by molar-refractivity contribution is 5.83. The second-order valence-electron chi connectivity index (χ2n) is 6.11. The van der Waals surface area contributed by atoms with Crippen molar-refractivity contribution in [2.75, 3.05) is 13.1 Å². The minimum atomic E-state index is -0.732. The van der Waals surface area contributed by atoms with E-state index in [1.54, 1.807) is 0 Å². The third-order valence-electron chi connectivity index (χ3n) is 4.55. The van der Waals surface area contributed by atoms with Crippen LogP contribution in [-0.4, -0.2) is 35.0 Å². The van der Waals surface area contributed by atoms with Gasteiger partial charge in [0.1, 0.15) is 0 Å². The maximum Gasteiger partial charge on any atom is 0.303 e. The van der Waals surface area contributed by atoms with Gasteiger partial charge in [0.25, 0.3) is 0 Å². The number of carbonyl (C=O) groups excluding carboxylic acids is 1. The van der Waals surface area contributed by atoms with E-state index in [4.69, 9.17) is 5.11 Å². The molecule has 0 aromatic carbocycles. The Balaban J connectivity index is 1.86. The Hall–Kier alpha value is -1.06. The number of carboxylic acid groups (broad SMARTS) is 1. The molecule has 0 bridgehead atoms. The molecule has 1 aliphatic heterocycles. The molecule has 0 aromatic heterocycles. The maximum absolute atomic E-state index is 12.4. The van der Waals surface area contributed by atoms with Gasteiger partial charge in [0, 0.05) is 24.9 Å². The van der Waals surface area contributed by atoms with Crippen LogP contribution in [0.25, 0.3) is 0 Å². The first-order valence-corrected chi connectivity index (χ1v) is 7.02. The predicted molar refractivity (Wildman–Crippen MR) is 68.1 cm³/mol. The normalized spacial score (nSPS) is 26.5. The quantitative estimate of drug-likeness (QED) is 0.836. The lowest BCUT2D eigenvalue weighted by Gasteiger charge is -2.43. The summed E-state index contributed by atoms with van der Waals surface area (Å²) in [5, 5.41) is 8.72. The lowest BCUT2D eigenvalue weighted by molar-refractivity contribution is -0.148. The van der Waals surface area contributed by atoms with Crippen molar-refractivity contribution >= 4 is 11.9 Å². The van der Waals surface area contributed by atoms with Gasteiger partial charge in [0.15, 0.2) is 0 Å². The van der Waals surface area contributed by atoms with Crippen LogP contribution >= 0.6 is 0 Å². The van der Waals surface area contributed by atoms with Crippen molar-refractivity contribution in [2.24, 2.45) is 11.3 Å². The van der Waals surface area contributed by atoms with E-state index in [9.17, 15) is 9.59 Å². The smallest absolute Gasteiger partial charge is 0.303 e. The molecule has 102 valence electrons. The van der Waals surface area contributed by atoms with Gasteiger partial charge in [-0.3, -0.25) is 9.59 Å². The summed E-state index contributed by atoms with van der Waals surface area (Å²) in [5.74, 6) is -0.0549. The third-order valence-corrected chi connectivity index (χ3v) is 4.55. The molecule has 2 fully saturated rings. The van der Waals surface area contributed by atoms with E-state index in [-0.39, 0.29) is 11.8 Å². The number of hydrogen-bond donors (Lipinski definition) is 1. The first kappa shape index (κ1) is 13.4. The number of aliphatic carboxylic acids is 1. The van der Waals surface area contributed by atoms with Crippen molar-refractivity contribution in [3.63, 3.8) is 0 Å². The monoisotopic (exact) mass is 253 g/mol. The lowest BCUT2D eigenvalue weighted by atomic mass is 9.69. The van der Waals surface area contributed by atoms with Gasteiger partial charge in [0.2, 0.25) is 5.91 Å². The van der Waals surface area contributed by atoms with Gasteiger partial charge in [-0.05, 0) is 38.0 Å². The minimum Gasteiger partial charge on any atom is -0.481 e. The number of amides is 1. The molecule has 1 unspecified atom stereocenters. The maximum atomic E-state index is 12.4. The molecule has 1 aliphatic carbocycles. The van der Waals surface area contributed by atoms with E-state index in [0.29, 0.717) is 18.2 Å². The van der Waals surface area contributed by atoms with Crippen LogP contribution in [0.3, 0.4) is 0 Å². The Morgan fingerprint density at radius 3 is 2.61 bits per heavy atom. The van der Waals surface area contributed by atoms with Crippen molar-refractivity contribution in [2.45, 2.75) is 51.9 Å². The van der Waals surface area contributed by atoms with Crippen LogP contribution in [0.4, 0.5) is 0 Å². The zero-order chi connectivity index (χ0) is 13.2. The highest BCUT2D eigenvalue weighted by Gasteiger charge is 2.42. The van der Waals surface area contributed by atoms with Crippen molar-refractivity contribution in [3.8, 4) is 0 Å². The van der Waals surface area contributed by atoms with E-state index in [1.165, 1.54) is 6.42 Å². The molecule has 1 amide bonds. The second-order valence-corrected chi connectivity index (χ2v) is 6.11. The molecule has 1 atom stereocenters. The predicted octanol–water partition coefficient (Wildman–Crippen LogP) is 2.28. The molecule has 1 N–H and O–H groups in total. The Morgan fingerprint density at radius 1 is 1.33 bits per heavy atom. The van der Waals surface area contributed by atoms with E-state index in [0.717, 1.165) is 38.8 Å². The van der Waals surface area contributed by atoms with Crippen molar-refractivity contribution in [1.29, 1.82) is 0 Å². The number of carboxylic acids is 1. The highest BCUT2D eigenvalue weighted by Crippen LogP contribution is 2.42. The summed E-state index contributed by atoms with van der Waals surface area (Å²) >= 11 is 0. The van der Waals surface area contributed by atoms with Gasteiger partial charge in [-0.15, -0.1) is 0 Å². The van der Waals surface area contributed by atoms with Gasteiger partial charge < -0.3 is 10.0 Å². The Morgan fingerprint density at radius 2 is 2.06 bits per heavy atom. The number of carbonyl (C=O) groups is 2. The number of piperidine rings is 1. The molecule has 1 saturated heterocycles. The minimum absolute atomic E-state index is 0.116. The molecule has 4 nitrogen and oxygen atoms in total. The molecule has 4 heteroatoms. The van der Waals surface area contributed by atoms with Crippen LogP contribution in [-0.2, 0) is 9.59 Å². The van der Waals surface area contributed by atoms with E-state index < -0.39 is 5.97 Å². The Labute approximate surface area is 108 Å². The summed E-state index contributed by atoms with van der Waals surface area (Å²) in [6.45, 7) is 3.69. The molecular formula is C14H23NO3. The van der Waals surface area contributed by atoms with Gasteiger partial charge in [-0.2, -0.15) is 0 Å². The van der Waals surface area contributed by atoms with E-state index in [2.05, 4.69) is 6.92 Å². The summed E-state index contributed by atoms with van der Waals surface area (Å²) in [6.07, 6.45) is 6.21.